The molecule has 2 aromatic carbocycles. The van der Waals surface area contributed by atoms with Crippen LogP contribution in [0.25, 0.3) is 0 Å². The van der Waals surface area contributed by atoms with Crippen LogP contribution in [-0.4, -0.2) is 57.4 Å². The SMILES string of the molecule is CCN(CC(=O)Nc1cc(Cl)c(OC)cc1OC)C[C@H]1COc2ccccc2O1. The number of benzene rings is 2. The highest BCUT2D eigenvalue weighted by Gasteiger charge is 2.24. The second-order valence-electron chi connectivity index (χ2n) is 6.56. The Morgan fingerprint density at radius 2 is 1.93 bits per heavy atom. The Morgan fingerprint density at radius 1 is 1.21 bits per heavy atom. The third-order valence-electron chi connectivity index (χ3n) is 4.59. The number of nitrogens with zero attached hydrogens (tertiary/aromatic N) is 1. The predicted octanol–water partition coefficient (Wildman–Crippen LogP) is 3.46. The number of carbonyl (C=O) groups excluding carboxylic acids is 1. The number of para-hydroxylation sites is 2. The first-order chi connectivity index (χ1) is 14.0. The molecule has 3 rings (SSSR count). The number of rotatable bonds is 8. The van der Waals surface area contributed by atoms with Gasteiger partial charge in [0.2, 0.25) is 5.91 Å². The van der Waals surface area contributed by atoms with Gasteiger partial charge in [0.1, 0.15) is 24.2 Å². The van der Waals surface area contributed by atoms with Gasteiger partial charge in [0.05, 0.1) is 31.5 Å². The van der Waals surface area contributed by atoms with E-state index in [0.717, 1.165) is 11.5 Å². The lowest BCUT2D eigenvalue weighted by atomic mass is 10.2. The molecule has 0 spiro atoms. The monoisotopic (exact) mass is 420 g/mol. The number of fused-ring (bicyclic) bond motifs is 1. The van der Waals surface area contributed by atoms with Crippen LogP contribution in [0.4, 0.5) is 5.69 Å². The maximum Gasteiger partial charge on any atom is 0.238 e. The Bertz CT molecular complexity index is 861. The van der Waals surface area contributed by atoms with E-state index in [0.29, 0.717) is 41.9 Å². The minimum atomic E-state index is -0.177. The summed E-state index contributed by atoms with van der Waals surface area (Å²) < 4.78 is 22.3. The van der Waals surface area contributed by atoms with E-state index in [1.807, 2.05) is 36.1 Å². The molecule has 1 aliphatic rings. The van der Waals surface area contributed by atoms with Crippen molar-refractivity contribution in [3.8, 4) is 23.0 Å². The van der Waals surface area contributed by atoms with Gasteiger partial charge in [-0.15, -0.1) is 0 Å². The molecule has 8 heteroatoms. The molecule has 1 atom stereocenters. The predicted molar refractivity (Wildman–Crippen MR) is 112 cm³/mol. The number of nitrogens with one attached hydrogen (secondary N) is 1. The fraction of sp³-hybridized carbons (Fsp3) is 0.381. The van der Waals surface area contributed by atoms with Gasteiger partial charge in [0.15, 0.2) is 11.5 Å². The summed E-state index contributed by atoms with van der Waals surface area (Å²) in [6, 6.07) is 10.8. The first-order valence-corrected chi connectivity index (χ1v) is 9.74. The van der Waals surface area contributed by atoms with Crippen LogP contribution in [0.1, 0.15) is 6.92 Å². The maximum absolute atomic E-state index is 12.6. The van der Waals surface area contributed by atoms with Gasteiger partial charge in [-0.2, -0.15) is 0 Å². The highest BCUT2D eigenvalue weighted by Crippen LogP contribution is 2.36. The van der Waals surface area contributed by atoms with Gasteiger partial charge in [-0.3, -0.25) is 9.69 Å². The van der Waals surface area contributed by atoms with Gasteiger partial charge in [0, 0.05) is 12.6 Å². The number of hydrogen-bond acceptors (Lipinski definition) is 6. The molecular formula is C21H25ClN2O5. The Morgan fingerprint density at radius 3 is 2.62 bits per heavy atom. The normalized spacial score (nSPS) is 15.1. The molecule has 29 heavy (non-hydrogen) atoms. The second kappa shape index (κ2) is 9.71. The Balaban J connectivity index is 1.60. The molecule has 156 valence electrons. The van der Waals surface area contributed by atoms with Crippen LogP contribution in [0.3, 0.4) is 0 Å². The van der Waals surface area contributed by atoms with E-state index in [9.17, 15) is 4.79 Å². The molecule has 1 N–H and O–H groups in total. The summed E-state index contributed by atoms with van der Waals surface area (Å²) in [5.74, 6) is 2.24. The van der Waals surface area contributed by atoms with Gasteiger partial charge in [-0.25, -0.2) is 0 Å². The van der Waals surface area contributed by atoms with Crippen LogP contribution < -0.4 is 24.3 Å². The van der Waals surface area contributed by atoms with Gasteiger partial charge < -0.3 is 24.3 Å². The highest BCUT2D eigenvalue weighted by molar-refractivity contribution is 6.32. The van der Waals surface area contributed by atoms with Crippen LogP contribution in [0.15, 0.2) is 36.4 Å². The molecule has 0 aromatic heterocycles. The number of methoxy groups -OCH3 is 2. The molecule has 0 aliphatic carbocycles. The third-order valence-corrected chi connectivity index (χ3v) is 4.89. The molecule has 7 nitrogen and oxygen atoms in total. The van der Waals surface area contributed by atoms with E-state index in [1.165, 1.54) is 14.2 Å². The lowest BCUT2D eigenvalue weighted by molar-refractivity contribution is -0.117. The Labute approximate surface area is 175 Å². The van der Waals surface area contributed by atoms with Crippen molar-refractivity contribution in [3.05, 3.63) is 41.4 Å². The Kier molecular flexibility index (Phi) is 7.06. The number of ether oxygens (including phenoxy) is 4. The van der Waals surface area contributed by atoms with Gasteiger partial charge in [-0.05, 0) is 24.7 Å². The van der Waals surface area contributed by atoms with Crippen LogP contribution >= 0.6 is 11.6 Å². The van der Waals surface area contributed by atoms with E-state index < -0.39 is 0 Å². The quantitative estimate of drug-likeness (QED) is 0.705. The molecule has 0 unspecified atom stereocenters. The molecule has 0 bridgehead atoms. The summed E-state index contributed by atoms with van der Waals surface area (Å²) in [6.45, 7) is 3.89. The molecule has 1 amide bonds. The smallest absolute Gasteiger partial charge is 0.238 e. The van der Waals surface area contributed by atoms with Crippen molar-refractivity contribution in [2.24, 2.45) is 0 Å². The van der Waals surface area contributed by atoms with Crippen LogP contribution in [0, 0.1) is 0 Å². The number of carbonyl (C=O) groups is 1. The lowest BCUT2D eigenvalue weighted by Crippen LogP contribution is -2.43. The number of halogens is 1. The van der Waals surface area contributed by atoms with E-state index in [1.54, 1.807) is 12.1 Å². The molecule has 2 aromatic rings. The lowest BCUT2D eigenvalue weighted by Gasteiger charge is -2.30. The van der Waals surface area contributed by atoms with Gasteiger partial charge in [0.25, 0.3) is 0 Å². The minimum Gasteiger partial charge on any atom is -0.495 e. The Hall–Kier alpha value is -2.64. The number of anilines is 1. The summed E-state index contributed by atoms with van der Waals surface area (Å²) in [5.41, 5.74) is 0.491. The van der Waals surface area contributed by atoms with Crippen molar-refractivity contribution in [3.63, 3.8) is 0 Å². The van der Waals surface area contributed by atoms with Crippen molar-refractivity contribution in [1.82, 2.24) is 4.90 Å². The molecule has 0 saturated carbocycles. The van der Waals surface area contributed by atoms with E-state index in [2.05, 4.69) is 5.32 Å². The zero-order valence-corrected chi connectivity index (χ0v) is 17.5. The first-order valence-electron chi connectivity index (χ1n) is 9.36. The zero-order valence-electron chi connectivity index (χ0n) is 16.7. The number of hydrogen-bond donors (Lipinski definition) is 1. The summed E-state index contributed by atoms with van der Waals surface area (Å²) in [4.78, 5) is 14.6. The van der Waals surface area contributed by atoms with Crippen molar-refractivity contribution < 1.29 is 23.7 Å². The second-order valence-corrected chi connectivity index (χ2v) is 6.97. The maximum atomic E-state index is 12.6. The van der Waals surface area contributed by atoms with Gasteiger partial charge in [-0.1, -0.05) is 30.7 Å². The van der Waals surface area contributed by atoms with Crippen molar-refractivity contribution in [2.45, 2.75) is 13.0 Å². The van der Waals surface area contributed by atoms with E-state index in [-0.39, 0.29) is 18.6 Å². The average Bonchev–Trinajstić information content (AvgIpc) is 2.73. The standard InChI is InChI=1S/C21H25ClN2O5/c1-4-24(11-14-13-28-17-7-5-6-8-18(17)29-14)12-21(25)23-16-9-15(22)19(26-2)10-20(16)27-3/h5-10,14H,4,11-13H2,1-3H3,(H,23,25)/t14-/m0/s1. The average molecular weight is 421 g/mol. The topological polar surface area (TPSA) is 69.3 Å². The van der Waals surface area contributed by atoms with E-state index in [4.69, 9.17) is 30.5 Å². The molecule has 1 heterocycles. The van der Waals surface area contributed by atoms with Crippen LogP contribution in [0.5, 0.6) is 23.0 Å². The van der Waals surface area contributed by atoms with Crippen LogP contribution in [0.2, 0.25) is 5.02 Å². The molecular weight excluding hydrogens is 396 g/mol. The summed E-state index contributed by atoms with van der Waals surface area (Å²) in [7, 11) is 3.04. The first kappa shape index (κ1) is 21.1. The fourth-order valence-electron chi connectivity index (χ4n) is 3.10. The van der Waals surface area contributed by atoms with E-state index >= 15 is 0 Å². The number of amides is 1. The molecule has 0 radical (unpaired) electrons. The van der Waals surface area contributed by atoms with Crippen LogP contribution in [-0.2, 0) is 4.79 Å². The summed E-state index contributed by atoms with van der Waals surface area (Å²) >= 11 is 6.17. The zero-order chi connectivity index (χ0) is 20.8. The highest BCUT2D eigenvalue weighted by atomic mass is 35.5. The molecule has 1 aliphatic heterocycles. The minimum absolute atomic E-state index is 0.150. The largest absolute Gasteiger partial charge is 0.495 e. The fourth-order valence-corrected chi connectivity index (χ4v) is 3.34. The molecule has 0 saturated heterocycles. The van der Waals surface area contributed by atoms with Gasteiger partial charge >= 0.3 is 0 Å². The number of likely N-dealkylation sites (N-methyl/N-ethyl adjacent to an activating group) is 1. The summed E-state index contributed by atoms with van der Waals surface area (Å²) in [5, 5.41) is 3.24. The summed E-state index contributed by atoms with van der Waals surface area (Å²) in [6.07, 6.45) is -0.150. The van der Waals surface area contributed by atoms with Crippen molar-refractivity contribution in [2.75, 3.05) is 45.8 Å². The third kappa shape index (κ3) is 5.25. The van der Waals surface area contributed by atoms with Crippen molar-refractivity contribution >= 4 is 23.2 Å². The van der Waals surface area contributed by atoms with Crippen molar-refractivity contribution in [1.29, 1.82) is 0 Å². The molecule has 0 fully saturated rings.